The number of nitrogens with two attached hydrogens (primary N) is 1. The summed E-state index contributed by atoms with van der Waals surface area (Å²) in [6.45, 7) is 3.76. The fraction of sp³-hybridized carbons (Fsp3) is 0.135. The van der Waals surface area contributed by atoms with E-state index in [9.17, 15) is 19.2 Å². The van der Waals surface area contributed by atoms with Crippen LogP contribution >= 0.6 is 23.2 Å². The summed E-state index contributed by atoms with van der Waals surface area (Å²) < 4.78 is 4.58. The predicted octanol–water partition coefficient (Wildman–Crippen LogP) is 7.99. The molecule has 6 aromatic rings. The summed E-state index contributed by atoms with van der Waals surface area (Å²) >= 11 is 12.1. The highest BCUT2D eigenvalue weighted by Crippen LogP contribution is 2.25. The molecule has 2 amide bonds. The zero-order chi connectivity index (χ0) is 35.9. The first-order valence-corrected chi connectivity index (χ1v) is 16.2. The maximum Gasteiger partial charge on any atom is 0.411 e. The smallest absolute Gasteiger partial charge is 0.411 e. The van der Waals surface area contributed by atoms with Crippen LogP contribution in [0.3, 0.4) is 0 Å². The van der Waals surface area contributed by atoms with Crippen LogP contribution < -0.4 is 32.8 Å². The van der Waals surface area contributed by atoms with Crippen molar-refractivity contribution in [3.8, 4) is 0 Å². The summed E-state index contributed by atoms with van der Waals surface area (Å²) in [6, 6.07) is 27.8. The molecule has 11 nitrogen and oxygen atoms in total. The Morgan fingerprint density at radius 2 is 1.16 bits per heavy atom. The number of pyridine rings is 2. The molecule has 50 heavy (non-hydrogen) atoms. The molecule has 7 N–H and O–H groups in total. The normalized spacial score (nSPS) is 11.9. The topological polar surface area (TPSA) is 171 Å². The van der Waals surface area contributed by atoms with Gasteiger partial charge >= 0.3 is 6.09 Å². The number of ether oxygens (including phenoxy) is 1. The molecule has 0 saturated heterocycles. The number of benzene rings is 4. The lowest BCUT2D eigenvalue weighted by Crippen LogP contribution is -2.19. The summed E-state index contributed by atoms with van der Waals surface area (Å²) in [4.78, 5) is 53.0. The summed E-state index contributed by atoms with van der Waals surface area (Å²) in [5.74, 6) is -0.496. The summed E-state index contributed by atoms with van der Waals surface area (Å²) in [5.41, 5.74) is 10.1. The molecular formula is C37H34Cl2N6O5. The highest BCUT2D eigenvalue weighted by Gasteiger charge is 2.14. The van der Waals surface area contributed by atoms with Crippen LogP contribution in [0.4, 0.5) is 21.9 Å². The molecule has 4 aromatic carbocycles. The van der Waals surface area contributed by atoms with Gasteiger partial charge in [-0.05, 0) is 98.8 Å². The Balaban J connectivity index is 0.000000195. The monoisotopic (exact) mass is 712 g/mol. The third-order valence-electron chi connectivity index (χ3n) is 7.81. The van der Waals surface area contributed by atoms with Crippen LogP contribution in [-0.4, -0.2) is 29.1 Å². The number of H-pyrrole nitrogens is 2. The van der Waals surface area contributed by atoms with Gasteiger partial charge in [-0.1, -0.05) is 35.3 Å². The predicted molar refractivity (Wildman–Crippen MR) is 201 cm³/mol. The van der Waals surface area contributed by atoms with Gasteiger partial charge in [0.25, 0.3) is 11.1 Å². The number of aromatic amines is 2. The average molecular weight is 714 g/mol. The molecule has 2 aromatic heterocycles. The molecule has 0 spiro atoms. The molecule has 13 heteroatoms. The van der Waals surface area contributed by atoms with Crippen molar-refractivity contribution in [2.24, 2.45) is 5.73 Å². The van der Waals surface area contributed by atoms with Crippen molar-refractivity contribution in [1.29, 1.82) is 0 Å². The summed E-state index contributed by atoms with van der Waals surface area (Å²) in [5, 5.41) is 12.0. The van der Waals surface area contributed by atoms with Gasteiger partial charge in [-0.15, -0.1) is 0 Å². The first kappa shape index (κ1) is 35.5. The molecule has 6 rings (SSSR count). The van der Waals surface area contributed by atoms with Crippen LogP contribution in [0.25, 0.3) is 21.8 Å². The van der Waals surface area contributed by atoms with Crippen LogP contribution in [0.15, 0.2) is 107 Å². The zero-order valence-electron chi connectivity index (χ0n) is 27.3. The van der Waals surface area contributed by atoms with E-state index in [1.807, 2.05) is 44.2 Å². The first-order chi connectivity index (χ1) is 23.9. The third kappa shape index (κ3) is 8.81. The van der Waals surface area contributed by atoms with Crippen molar-refractivity contribution in [3.05, 3.63) is 145 Å². The van der Waals surface area contributed by atoms with E-state index in [4.69, 9.17) is 28.9 Å². The number of halogens is 2. The van der Waals surface area contributed by atoms with Crippen LogP contribution in [0.1, 0.15) is 47.4 Å². The van der Waals surface area contributed by atoms with Gasteiger partial charge in [0.05, 0.1) is 19.2 Å². The SMILES string of the molecule is COC(=O)Nc1cccc(N[C@@H](C)c2cc3cc(Cl)ccc3[nH]c2=O)c1.C[C@H](Nc1cccc(C(N)=O)c1)c1cc2cc(Cl)ccc2[nH]c1=O. The second-order valence-corrected chi connectivity index (χ2v) is 12.3. The Kier molecular flexibility index (Phi) is 11.1. The second kappa shape index (κ2) is 15.6. The molecule has 0 saturated carbocycles. The van der Waals surface area contributed by atoms with Gasteiger partial charge in [0.2, 0.25) is 5.91 Å². The van der Waals surface area contributed by atoms with Crippen LogP contribution in [0.5, 0.6) is 0 Å². The Morgan fingerprint density at radius 1 is 0.680 bits per heavy atom. The first-order valence-electron chi connectivity index (χ1n) is 15.4. The lowest BCUT2D eigenvalue weighted by atomic mass is 10.1. The molecule has 0 fully saturated rings. The van der Waals surface area contributed by atoms with Crippen molar-refractivity contribution in [2.45, 2.75) is 25.9 Å². The Hall–Kier alpha value is -5.78. The van der Waals surface area contributed by atoms with E-state index in [1.54, 1.807) is 66.7 Å². The van der Waals surface area contributed by atoms with Crippen molar-refractivity contribution in [2.75, 3.05) is 23.1 Å². The van der Waals surface area contributed by atoms with E-state index in [2.05, 4.69) is 30.7 Å². The number of fused-ring (bicyclic) bond motifs is 2. The maximum atomic E-state index is 12.4. The number of hydrogen-bond donors (Lipinski definition) is 6. The maximum absolute atomic E-state index is 12.4. The lowest BCUT2D eigenvalue weighted by molar-refractivity contribution is 0.1000. The van der Waals surface area contributed by atoms with Crippen molar-refractivity contribution in [1.82, 2.24) is 9.97 Å². The zero-order valence-corrected chi connectivity index (χ0v) is 28.8. The molecule has 2 atom stereocenters. The molecule has 0 aliphatic rings. The van der Waals surface area contributed by atoms with E-state index in [0.29, 0.717) is 38.1 Å². The number of aromatic nitrogens is 2. The highest BCUT2D eigenvalue weighted by atomic mass is 35.5. The van der Waals surface area contributed by atoms with E-state index >= 15 is 0 Å². The van der Waals surface area contributed by atoms with Gasteiger partial charge in [0.1, 0.15) is 0 Å². The number of carbonyl (C=O) groups is 2. The standard InChI is InChI=1S/C19H18ClN3O3.C18H16ClN3O2/c1-11(21-14-4-3-5-15(10-14)22-19(25)26-2)16-9-12-8-13(20)6-7-17(12)23-18(16)24;1-10(21-14-4-2-3-11(8-14)17(20)23)15-9-12-7-13(19)5-6-16(12)22-18(15)24/h3-11,21H,1-2H3,(H,22,25)(H,23,24);2-10,21H,1H3,(H2,20,23)(H,22,24)/t11-;10-/m00/s1. The molecule has 0 unspecified atom stereocenters. The molecule has 0 radical (unpaired) electrons. The fourth-order valence-corrected chi connectivity index (χ4v) is 5.67. The summed E-state index contributed by atoms with van der Waals surface area (Å²) in [6.07, 6.45) is -0.543. The van der Waals surface area contributed by atoms with Gasteiger partial charge in [-0.2, -0.15) is 0 Å². The lowest BCUT2D eigenvalue weighted by Gasteiger charge is -2.16. The number of nitrogens with one attached hydrogen (secondary N) is 5. The molecule has 0 bridgehead atoms. The third-order valence-corrected chi connectivity index (χ3v) is 8.28. The second-order valence-electron chi connectivity index (χ2n) is 11.4. The largest absolute Gasteiger partial charge is 0.453 e. The van der Waals surface area contributed by atoms with Gasteiger partial charge in [0.15, 0.2) is 0 Å². The number of rotatable bonds is 8. The minimum absolute atomic E-state index is 0.163. The highest BCUT2D eigenvalue weighted by molar-refractivity contribution is 6.31. The van der Waals surface area contributed by atoms with Crippen molar-refractivity contribution >= 4 is 74.1 Å². The number of anilines is 3. The van der Waals surface area contributed by atoms with E-state index in [-0.39, 0.29) is 23.2 Å². The minimum atomic E-state index is -0.543. The number of hydrogen-bond acceptors (Lipinski definition) is 7. The van der Waals surface area contributed by atoms with E-state index in [0.717, 1.165) is 27.5 Å². The van der Waals surface area contributed by atoms with Crippen LogP contribution in [0.2, 0.25) is 10.0 Å². The van der Waals surface area contributed by atoms with Gasteiger partial charge in [-0.25, -0.2) is 4.79 Å². The molecule has 0 aliphatic carbocycles. The molecule has 0 aliphatic heterocycles. The Bertz CT molecular complexity index is 2320. The van der Waals surface area contributed by atoms with Gasteiger partial charge < -0.3 is 31.1 Å². The van der Waals surface area contributed by atoms with Crippen LogP contribution in [0, 0.1) is 0 Å². The van der Waals surface area contributed by atoms with Crippen LogP contribution in [-0.2, 0) is 4.74 Å². The quantitative estimate of drug-likeness (QED) is 0.0928. The van der Waals surface area contributed by atoms with Crippen molar-refractivity contribution < 1.29 is 14.3 Å². The number of amides is 2. The van der Waals surface area contributed by atoms with Crippen molar-refractivity contribution in [3.63, 3.8) is 0 Å². The van der Waals surface area contributed by atoms with E-state index in [1.165, 1.54) is 7.11 Å². The molecule has 256 valence electrons. The Morgan fingerprint density at radius 3 is 1.66 bits per heavy atom. The summed E-state index contributed by atoms with van der Waals surface area (Å²) in [7, 11) is 1.30. The number of carbonyl (C=O) groups excluding carboxylic acids is 2. The number of primary amides is 1. The van der Waals surface area contributed by atoms with Gasteiger partial charge in [0, 0.05) is 65.6 Å². The Labute approximate surface area is 296 Å². The number of methoxy groups -OCH3 is 1. The average Bonchev–Trinajstić information content (AvgIpc) is 3.08. The minimum Gasteiger partial charge on any atom is -0.453 e. The molecule has 2 heterocycles. The van der Waals surface area contributed by atoms with E-state index < -0.39 is 12.0 Å². The van der Waals surface area contributed by atoms with Gasteiger partial charge in [-0.3, -0.25) is 19.7 Å². The molecular weight excluding hydrogens is 679 g/mol. The fourth-order valence-electron chi connectivity index (χ4n) is 5.31.